The van der Waals surface area contributed by atoms with E-state index < -0.39 is 0 Å². The molecule has 7 heteroatoms. The number of rotatable bonds is 4. The number of nitrogens with zero attached hydrogens (tertiary/aromatic N) is 1. The van der Waals surface area contributed by atoms with E-state index in [1.165, 1.54) is 11.3 Å². The van der Waals surface area contributed by atoms with Crippen LogP contribution in [0.1, 0.15) is 26.7 Å². The van der Waals surface area contributed by atoms with Crippen LogP contribution >= 0.6 is 34.5 Å². The van der Waals surface area contributed by atoms with Crippen molar-refractivity contribution < 1.29 is 9.21 Å². The molecule has 2 heterocycles. The van der Waals surface area contributed by atoms with Gasteiger partial charge >= 0.3 is 0 Å². The Morgan fingerprint density at radius 1 is 1.19 bits per heavy atom. The summed E-state index contributed by atoms with van der Waals surface area (Å²) in [4.78, 5) is 18.0. The Balaban J connectivity index is 1.53. The second-order valence-corrected chi connectivity index (χ2v) is 7.97. The van der Waals surface area contributed by atoms with Crippen LogP contribution in [-0.4, -0.2) is 10.9 Å². The molecule has 0 bridgehead atoms. The Morgan fingerprint density at radius 3 is 2.81 bits per heavy atom. The van der Waals surface area contributed by atoms with Crippen LogP contribution in [0.25, 0.3) is 11.0 Å². The zero-order chi connectivity index (χ0) is 19.0. The Bertz CT molecular complexity index is 1150. The van der Waals surface area contributed by atoms with Gasteiger partial charge < -0.3 is 4.42 Å². The van der Waals surface area contributed by atoms with Crippen LogP contribution in [0.4, 0.5) is 5.13 Å². The molecule has 0 aliphatic carbocycles. The molecule has 0 saturated carbocycles. The number of aromatic nitrogens is 1. The molecule has 0 aliphatic rings. The second kappa shape index (κ2) is 7.35. The summed E-state index contributed by atoms with van der Waals surface area (Å²) in [5, 5.41) is 5.42. The lowest BCUT2D eigenvalue weighted by molar-refractivity contribution is 0.0998. The van der Waals surface area contributed by atoms with Crippen LogP contribution in [-0.2, 0) is 6.42 Å². The van der Waals surface area contributed by atoms with Gasteiger partial charge in [-0.3, -0.25) is 10.1 Å². The zero-order valence-electron chi connectivity index (χ0n) is 14.3. The number of carbonyl (C=O) groups excluding carboxylic acids is 1. The minimum Gasteiger partial charge on any atom is -0.451 e. The number of aryl methyl sites for hydroxylation is 1. The molecule has 136 valence electrons. The summed E-state index contributed by atoms with van der Waals surface area (Å²) < 4.78 is 5.59. The first-order chi connectivity index (χ1) is 13.0. The lowest BCUT2D eigenvalue weighted by Gasteiger charge is -2.02. The molecule has 0 unspecified atom stereocenters. The molecule has 0 atom stereocenters. The Kier molecular flexibility index (Phi) is 4.91. The molecule has 4 rings (SSSR count). The maximum absolute atomic E-state index is 12.5. The van der Waals surface area contributed by atoms with Gasteiger partial charge in [-0.05, 0) is 42.8 Å². The third-order valence-electron chi connectivity index (χ3n) is 4.12. The van der Waals surface area contributed by atoms with E-state index in [0.29, 0.717) is 22.2 Å². The number of hydrogen-bond donors (Lipinski definition) is 1. The van der Waals surface area contributed by atoms with E-state index in [0.717, 1.165) is 26.5 Å². The van der Waals surface area contributed by atoms with E-state index >= 15 is 0 Å². The summed E-state index contributed by atoms with van der Waals surface area (Å²) in [6, 6.07) is 14.6. The van der Waals surface area contributed by atoms with Crippen LogP contribution in [0, 0.1) is 6.92 Å². The van der Waals surface area contributed by atoms with Gasteiger partial charge in [0.15, 0.2) is 10.9 Å². The largest absolute Gasteiger partial charge is 0.451 e. The monoisotopic (exact) mass is 416 g/mol. The standard InChI is InChI=1S/C20H14Cl2N2O2S/c1-11-18(10-12-4-2-3-5-15(12)22)27-20(23-11)24-19(25)17-9-13-8-14(21)6-7-16(13)26-17/h2-9H,10H2,1H3,(H,23,24,25). The predicted octanol–water partition coefficient (Wildman–Crippen LogP) is 6.35. The number of furan rings is 1. The number of halogens is 2. The smallest absolute Gasteiger partial charge is 0.293 e. The average molecular weight is 417 g/mol. The number of carbonyl (C=O) groups is 1. The number of nitrogens with one attached hydrogen (secondary N) is 1. The van der Waals surface area contributed by atoms with Crippen LogP contribution in [0.5, 0.6) is 0 Å². The highest BCUT2D eigenvalue weighted by molar-refractivity contribution is 7.15. The third-order valence-corrected chi connectivity index (χ3v) is 5.80. The van der Waals surface area contributed by atoms with Crippen molar-refractivity contribution in [1.82, 2.24) is 4.98 Å². The van der Waals surface area contributed by atoms with Gasteiger partial charge in [0.1, 0.15) is 5.58 Å². The molecule has 1 amide bonds. The lowest BCUT2D eigenvalue weighted by Crippen LogP contribution is -2.10. The first kappa shape index (κ1) is 18.0. The molecule has 4 nitrogen and oxygen atoms in total. The average Bonchev–Trinajstić information content (AvgIpc) is 3.20. The minimum atomic E-state index is -0.347. The summed E-state index contributed by atoms with van der Waals surface area (Å²) in [7, 11) is 0. The Hall–Kier alpha value is -2.34. The van der Waals surface area contributed by atoms with Crippen molar-refractivity contribution in [2.45, 2.75) is 13.3 Å². The van der Waals surface area contributed by atoms with Crippen LogP contribution in [0.15, 0.2) is 52.9 Å². The van der Waals surface area contributed by atoms with Gasteiger partial charge in [0.25, 0.3) is 5.91 Å². The number of anilines is 1. The van der Waals surface area contributed by atoms with E-state index in [1.54, 1.807) is 24.3 Å². The highest BCUT2D eigenvalue weighted by Gasteiger charge is 2.16. The predicted molar refractivity (Wildman–Crippen MR) is 110 cm³/mol. The lowest BCUT2D eigenvalue weighted by atomic mass is 10.1. The first-order valence-electron chi connectivity index (χ1n) is 8.20. The minimum absolute atomic E-state index is 0.216. The summed E-state index contributed by atoms with van der Waals surface area (Å²) >= 11 is 13.6. The zero-order valence-corrected chi connectivity index (χ0v) is 16.6. The van der Waals surface area contributed by atoms with Crippen molar-refractivity contribution in [3.8, 4) is 0 Å². The quantitative estimate of drug-likeness (QED) is 0.421. The maximum Gasteiger partial charge on any atom is 0.293 e. The molecule has 0 radical (unpaired) electrons. The second-order valence-electron chi connectivity index (χ2n) is 6.04. The van der Waals surface area contributed by atoms with Gasteiger partial charge in [-0.25, -0.2) is 4.98 Å². The Morgan fingerprint density at radius 2 is 2.00 bits per heavy atom. The number of hydrogen-bond acceptors (Lipinski definition) is 4. The SMILES string of the molecule is Cc1nc(NC(=O)c2cc3cc(Cl)ccc3o2)sc1Cc1ccccc1Cl. The molecule has 0 saturated heterocycles. The van der Waals surface area contributed by atoms with Gasteiger partial charge in [0.2, 0.25) is 0 Å². The molecular weight excluding hydrogens is 403 g/mol. The maximum atomic E-state index is 12.5. The molecule has 27 heavy (non-hydrogen) atoms. The van der Waals surface area contributed by atoms with Gasteiger partial charge in [-0.2, -0.15) is 0 Å². The highest BCUT2D eigenvalue weighted by atomic mass is 35.5. The third kappa shape index (κ3) is 3.86. The summed E-state index contributed by atoms with van der Waals surface area (Å²) in [6.07, 6.45) is 0.669. The molecule has 1 N–H and O–H groups in total. The fourth-order valence-electron chi connectivity index (χ4n) is 2.75. The van der Waals surface area contributed by atoms with E-state index in [-0.39, 0.29) is 11.7 Å². The fourth-order valence-corrected chi connectivity index (χ4v) is 4.11. The first-order valence-corrected chi connectivity index (χ1v) is 9.77. The van der Waals surface area contributed by atoms with E-state index in [4.69, 9.17) is 27.6 Å². The normalized spacial score (nSPS) is 11.1. The summed E-state index contributed by atoms with van der Waals surface area (Å²) in [5.41, 5.74) is 2.50. The molecule has 2 aromatic heterocycles. The Labute approximate surface area is 169 Å². The number of thiazole rings is 1. The van der Waals surface area contributed by atoms with Crippen LogP contribution in [0.2, 0.25) is 10.0 Å². The van der Waals surface area contributed by atoms with Crippen molar-refractivity contribution in [2.75, 3.05) is 5.32 Å². The van der Waals surface area contributed by atoms with Gasteiger partial charge in [0.05, 0.1) is 5.69 Å². The van der Waals surface area contributed by atoms with E-state index in [1.807, 2.05) is 31.2 Å². The molecule has 0 spiro atoms. The van der Waals surface area contributed by atoms with Crippen LogP contribution in [0.3, 0.4) is 0 Å². The molecular formula is C20H14Cl2N2O2S. The topological polar surface area (TPSA) is 55.1 Å². The van der Waals surface area contributed by atoms with E-state index in [2.05, 4.69) is 10.3 Å². The van der Waals surface area contributed by atoms with Crippen molar-refractivity contribution in [2.24, 2.45) is 0 Å². The molecule has 0 fully saturated rings. The van der Waals surface area contributed by atoms with Crippen LogP contribution < -0.4 is 5.32 Å². The molecule has 4 aromatic rings. The number of amides is 1. The number of benzene rings is 2. The highest BCUT2D eigenvalue weighted by Crippen LogP contribution is 2.29. The van der Waals surface area contributed by atoms with Gasteiger partial charge in [0, 0.05) is 26.7 Å². The van der Waals surface area contributed by atoms with Crippen molar-refractivity contribution in [1.29, 1.82) is 0 Å². The van der Waals surface area contributed by atoms with Crippen molar-refractivity contribution in [3.63, 3.8) is 0 Å². The van der Waals surface area contributed by atoms with Crippen molar-refractivity contribution >= 4 is 56.5 Å². The summed E-state index contributed by atoms with van der Waals surface area (Å²) in [5.74, 6) is -0.131. The molecule has 0 aliphatic heterocycles. The van der Waals surface area contributed by atoms with Crippen molar-refractivity contribution in [3.05, 3.63) is 80.5 Å². The fraction of sp³-hybridized carbons (Fsp3) is 0.100. The van der Waals surface area contributed by atoms with E-state index in [9.17, 15) is 4.79 Å². The van der Waals surface area contributed by atoms with Gasteiger partial charge in [-0.15, -0.1) is 11.3 Å². The molecule has 2 aromatic carbocycles. The van der Waals surface area contributed by atoms with Gasteiger partial charge in [-0.1, -0.05) is 41.4 Å². The number of fused-ring (bicyclic) bond motifs is 1. The summed E-state index contributed by atoms with van der Waals surface area (Å²) in [6.45, 7) is 1.92.